The van der Waals surface area contributed by atoms with Crippen LogP contribution in [0.5, 0.6) is 0 Å². The molecule has 0 amide bonds. The number of benzene rings is 1. The fourth-order valence-electron chi connectivity index (χ4n) is 1.27. The van der Waals surface area contributed by atoms with Gasteiger partial charge in [0.05, 0.1) is 11.3 Å². The lowest BCUT2D eigenvalue weighted by Gasteiger charge is -2.09. The molecule has 0 saturated carbocycles. The second-order valence-corrected chi connectivity index (χ2v) is 3.88. The van der Waals surface area contributed by atoms with E-state index in [1.54, 1.807) is 6.07 Å². The number of hydrogen-bond acceptors (Lipinski definition) is 2. The van der Waals surface area contributed by atoms with Crippen molar-refractivity contribution in [2.45, 2.75) is 19.0 Å². The van der Waals surface area contributed by atoms with Crippen LogP contribution in [0.15, 0.2) is 18.2 Å². The van der Waals surface area contributed by atoms with Gasteiger partial charge in [0.15, 0.2) is 0 Å². The summed E-state index contributed by atoms with van der Waals surface area (Å²) in [6.07, 6.45) is -5.03. The Bertz CT molecular complexity index is 424. The fourth-order valence-corrected chi connectivity index (χ4v) is 1.44. The van der Waals surface area contributed by atoms with E-state index in [1.807, 2.05) is 6.07 Å². The Kier molecular flexibility index (Phi) is 4.64. The zero-order chi connectivity index (χ0) is 12.9. The third kappa shape index (κ3) is 4.96. The Morgan fingerprint density at radius 2 is 2.06 bits per heavy atom. The van der Waals surface area contributed by atoms with Gasteiger partial charge in [0.25, 0.3) is 0 Å². The van der Waals surface area contributed by atoms with E-state index in [0.717, 1.165) is 0 Å². The van der Waals surface area contributed by atoms with Crippen LogP contribution in [0.2, 0.25) is 5.02 Å². The van der Waals surface area contributed by atoms with Gasteiger partial charge >= 0.3 is 6.18 Å². The van der Waals surface area contributed by atoms with Crippen molar-refractivity contribution >= 4 is 17.3 Å². The minimum atomic E-state index is -4.14. The van der Waals surface area contributed by atoms with Crippen LogP contribution in [0.1, 0.15) is 18.4 Å². The standard InChI is InChI=1S/C11H10ClF3N2/c12-9-3-2-8(7-16)10(6-9)17-5-1-4-11(13,14)15/h2-3,6,17H,1,4-5H2. The van der Waals surface area contributed by atoms with Crippen LogP contribution in [-0.4, -0.2) is 12.7 Å². The largest absolute Gasteiger partial charge is 0.389 e. The first kappa shape index (κ1) is 13.7. The van der Waals surface area contributed by atoms with Crippen LogP contribution in [0, 0.1) is 11.3 Å². The predicted octanol–water partition coefficient (Wildman–Crippen LogP) is 3.97. The fraction of sp³-hybridized carbons (Fsp3) is 0.364. The first-order valence-electron chi connectivity index (χ1n) is 4.92. The lowest BCUT2D eigenvalue weighted by atomic mass is 10.2. The maximum atomic E-state index is 11.9. The summed E-state index contributed by atoms with van der Waals surface area (Å²) < 4.78 is 35.7. The molecule has 0 aromatic heterocycles. The molecule has 0 aliphatic heterocycles. The van der Waals surface area contributed by atoms with Crippen LogP contribution in [0.4, 0.5) is 18.9 Å². The Morgan fingerprint density at radius 3 is 2.65 bits per heavy atom. The molecule has 0 bridgehead atoms. The summed E-state index contributed by atoms with van der Waals surface area (Å²) in [5.41, 5.74) is 0.823. The van der Waals surface area contributed by atoms with Crippen molar-refractivity contribution in [2.75, 3.05) is 11.9 Å². The van der Waals surface area contributed by atoms with Gasteiger partial charge in [-0.25, -0.2) is 0 Å². The Balaban J connectivity index is 2.52. The summed E-state index contributed by atoms with van der Waals surface area (Å²) in [7, 11) is 0. The van der Waals surface area contributed by atoms with E-state index in [2.05, 4.69) is 5.32 Å². The molecule has 0 spiro atoms. The minimum absolute atomic E-state index is 0.0408. The molecule has 0 aliphatic rings. The molecule has 1 N–H and O–H groups in total. The maximum Gasteiger partial charge on any atom is 0.389 e. The average molecular weight is 263 g/mol. The highest BCUT2D eigenvalue weighted by Crippen LogP contribution is 2.23. The number of halogens is 4. The molecule has 1 rings (SSSR count). The van der Waals surface area contributed by atoms with Crippen LogP contribution >= 0.6 is 11.6 Å². The third-order valence-corrected chi connectivity index (χ3v) is 2.29. The van der Waals surface area contributed by atoms with Crippen molar-refractivity contribution in [1.29, 1.82) is 5.26 Å². The highest BCUT2D eigenvalue weighted by atomic mass is 35.5. The minimum Gasteiger partial charge on any atom is -0.384 e. The third-order valence-electron chi connectivity index (χ3n) is 2.05. The number of hydrogen-bond donors (Lipinski definition) is 1. The highest BCUT2D eigenvalue weighted by Gasteiger charge is 2.25. The van der Waals surface area contributed by atoms with Gasteiger partial charge in [-0.15, -0.1) is 0 Å². The van der Waals surface area contributed by atoms with Crippen molar-refractivity contribution in [3.63, 3.8) is 0 Å². The van der Waals surface area contributed by atoms with Gasteiger partial charge in [-0.1, -0.05) is 11.6 Å². The Labute approximate surface area is 102 Å². The average Bonchev–Trinajstić information content (AvgIpc) is 2.23. The molecule has 0 unspecified atom stereocenters. The second kappa shape index (κ2) is 5.78. The molecule has 92 valence electrons. The number of nitrogens with zero attached hydrogens (tertiary/aromatic N) is 1. The molecule has 2 nitrogen and oxygen atoms in total. The van der Waals surface area contributed by atoms with Crippen molar-refractivity contribution in [2.24, 2.45) is 0 Å². The van der Waals surface area contributed by atoms with E-state index in [-0.39, 0.29) is 13.0 Å². The Hall–Kier alpha value is -1.41. The zero-order valence-corrected chi connectivity index (χ0v) is 9.57. The Morgan fingerprint density at radius 1 is 1.35 bits per heavy atom. The lowest BCUT2D eigenvalue weighted by Crippen LogP contribution is -2.11. The predicted molar refractivity (Wildman–Crippen MR) is 59.9 cm³/mol. The zero-order valence-electron chi connectivity index (χ0n) is 8.81. The molecular formula is C11H10ClF3N2. The number of anilines is 1. The summed E-state index contributed by atoms with van der Waals surface area (Å²) in [5.74, 6) is 0. The molecule has 0 saturated heterocycles. The second-order valence-electron chi connectivity index (χ2n) is 3.45. The first-order chi connectivity index (χ1) is 7.92. The summed E-state index contributed by atoms with van der Waals surface area (Å²) >= 11 is 5.73. The molecule has 1 aromatic carbocycles. The maximum absolute atomic E-state index is 11.9. The van der Waals surface area contributed by atoms with Gasteiger partial charge in [-0.3, -0.25) is 0 Å². The summed E-state index contributed by atoms with van der Waals surface area (Å²) in [6.45, 7) is 0.147. The van der Waals surface area contributed by atoms with E-state index < -0.39 is 12.6 Å². The van der Waals surface area contributed by atoms with Gasteiger partial charge in [0.1, 0.15) is 6.07 Å². The van der Waals surface area contributed by atoms with Crippen molar-refractivity contribution in [3.8, 4) is 6.07 Å². The molecule has 0 atom stereocenters. The van der Waals surface area contributed by atoms with E-state index in [9.17, 15) is 13.2 Å². The summed E-state index contributed by atoms with van der Waals surface area (Å²) in [6, 6.07) is 6.54. The van der Waals surface area contributed by atoms with Crippen LogP contribution in [0.25, 0.3) is 0 Å². The van der Waals surface area contributed by atoms with Crippen LogP contribution < -0.4 is 5.32 Å². The van der Waals surface area contributed by atoms with E-state index in [1.165, 1.54) is 12.1 Å². The number of rotatable bonds is 4. The molecule has 1 aromatic rings. The van der Waals surface area contributed by atoms with Crippen LogP contribution in [0.3, 0.4) is 0 Å². The van der Waals surface area contributed by atoms with Gasteiger partial charge < -0.3 is 5.32 Å². The van der Waals surface area contributed by atoms with Gasteiger partial charge in [-0.2, -0.15) is 18.4 Å². The molecule has 0 fully saturated rings. The van der Waals surface area contributed by atoms with E-state index in [0.29, 0.717) is 16.3 Å². The molecule has 0 radical (unpaired) electrons. The quantitative estimate of drug-likeness (QED) is 0.834. The molecule has 0 heterocycles. The molecular weight excluding hydrogens is 253 g/mol. The molecule has 17 heavy (non-hydrogen) atoms. The highest BCUT2D eigenvalue weighted by molar-refractivity contribution is 6.30. The van der Waals surface area contributed by atoms with Gasteiger partial charge in [0.2, 0.25) is 0 Å². The van der Waals surface area contributed by atoms with Gasteiger partial charge in [-0.05, 0) is 24.6 Å². The molecule has 6 heteroatoms. The first-order valence-corrected chi connectivity index (χ1v) is 5.30. The summed E-state index contributed by atoms with van der Waals surface area (Å²) in [4.78, 5) is 0. The van der Waals surface area contributed by atoms with Gasteiger partial charge in [0, 0.05) is 18.0 Å². The number of alkyl halides is 3. The van der Waals surface area contributed by atoms with E-state index in [4.69, 9.17) is 16.9 Å². The summed E-state index contributed by atoms with van der Waals surface area (Å²) in [5, 5.41) is 12.0. The van der Waals surface area contributed by atoms with E-state index >= 15 is 0 Å². The SMILES string of the molecule is N#Cc1ccc(Cl)cc1NCCCC(F)(F)F. The molecule has 0 aliphatic carbocycles. The lowest BCUT2D eigenvalue weighted by molar-refractivity contribution is -0.134. The van der Waals surface area contributed by atoms with Crippen LogP contribution in [-0.2, 0) is 0 Å². The van der Waals surface area contributed by atoms with Crippen molar-refractivity contribution < 1.29 is 13.2 Å². The monoisotopic (exact) mass is 262 g/mol. The topological polar surface area (TPSA) is 35.8 Å². The van der Waals surface area contributed by atoms with Crippen molar-refractivity contribution in [1.82, 2.24) is 0 Å². The number of nitriles is 1. The van der Waals surface area contributed by atoms with Crippen molar-refractivity contribution in [3.05, 3.63) is 28.8 Å². The normalized spacial score (nSPS) is 11.0. The smallest absolute Gasteiger partial charge is 0.384 e. The number of nitrogens with one attached hydrogen (secondary N) is 1.